The highest BCUT2D eigenvalue weighted by molar-refractivity contribution is 6.88. The van der Waals surface area contributed by atoms with Gasteiger partial charge in [0.05, 0.1) is 0 Å². The van der Waals surface area contributed by atoms with Crippen LogP contribution in [0.15, 0.2) is 328 Å². The minimum atomic E-state index is 1.10. The van der Waals surface area contributed by atoms with E-state index in [1.165, 1.54) is 80.9 Å². The predicted octanol–water partition coefficient (Wildman–Crippen LogP) is 17.3. The van der Waals surface area contributed by atoms with E-state index in [-0.39, 0.29) is 0 Å². The summed E-state index contributed by atoms with van der Waals surface area (Å²) in [5, 5.41) is 0. The molecule has 2 fully saturated rings. The Morgan fingerprint density at radius 1 is 0.189 bits per heavy atom. The summed E-state index contributed by atoms with van der Waals surface area (Å²) in [5.41, 5.74) is 20.7. The fourth-order valence-electron chi connectivity index (χ4n) is 11.1. The molecule has 0 N–H and O–H groups in total. The molecule has 6 radical (unpaired) electrons. The molecule has 422 valence electrons. The van der Waals surface area contributed by atoms with Crippen molar-refractivity contribution < 1.29 is 0 Å². The first-order valence-electron chi connectivity index (χ1n) is 29.7. The normalized spacial score (nSPS) is 12.0. The van der Waals surface area contributed by atoms with Crippen LogP contribution >= 0.6 is 0 Å². The van der Waals surface area contributed by atoms with E-state index in [0.717, 1.165) is 34.1 Å². The molecule has 0 atom stereocenters. The first-order chi connectivity index (χ1) is 44.5. The summed E-state index contributed by atoms with van der Waals surface area (Å²) < 4.78 is 13.4. The lowest BCUT2D eigenvalue weighted by molar-refractivity contribution is 1.36. The van der Waals surface area contributed by atoms with Crippen LogP contribution in [0.2, 0.25) is 0 Å². The molecular weight excluding hydrogens is 1090 g/mol. The molecule has 14 rings (SSSR count). The summed E-state index contributed by atoms with van der Waals surface area (Å²) in [5.74, 6) is 0. The van der Waals surface area contributed by atoms with Gasteiger partial charge in [0, 0.05) is 67.5 Å². The maximum Gasteiger partial charge on any atom is 0.365 e. The van der Waals surface area contributed by atoms with Gasteiger partial charge in [-0.1, -0.05) is 291 Å². The van der Waals surface area contributed by atoms with E-state index in [4.69, 9.17) is 13.1 Å². The van der Waals surface area contributed by atoms with Gasteiger partial charge < -0.3 is 38.0 Å². The highest BCUT2D eigenvalue weighted by Gasteiger charge is 2.35. The SMILES string of the molecule is [B]1N(c2ccccc2-c2ccccc2)[B]N(c2ccccc2-c2ccccc2)[B]N1c1ccccc1-c1ccccc1.[B]1N(c2ccccc2-c2ccccc2)[B]N(c2ccccc2-c2ccccc2)[B]N1c1ccccc1-c1ccccc1.[C-]#[N+]C.[C-]#[N+]C. The summed E-state index contributed by atoms with van der Waals surface area (Å²) in [7, 11) is 15.9. The maximum atomic E-state index is 5.83. The lowest BCUT2D eigenvalue weighted by atomic mass is 9.71. The second kappa shape index (κ2) is 30.4. The van der Waals surface area contributed by atoms with Crippen LogP contribution in [0.1, 0.15) is 0 Å². The highest BCUT2D eigenvalue weighted by Crippen LogP contribution is 2.40. The molecule has 0 aliphatic carbocycles. The third kappa shape index (κ3) is 14.4. The minimum absolute atomic E-state index is 1.10. The summed E-state index contributed by atoms with van der Waals surface area (Å²) in [6.45, 7) is 11.7. The molecule has 0 aromatic heterocycles. The molecule has 2 aliphatic heterocycles. The van der Waals surface area contributed by atoms with Crippen molar-refractivity contribution in [2.24, 2.45) is 0 Å². The molecule has 12 aromatic rings. The molecule has 12 aromatic carbocycles. The summed E-state index contributed by atoms with van der Waals surface area (Å²) in [6.07, 6.45) is 0. The van der Waals surface area contributed by atoms with Crippen LogP contribution in [-0.2, 0) is 0 Å². The molecule has 90 heavy (non-hydrogen) atoms. The molecule has 8 nitrogen and oxygen atoms in total. The van der Waals surface area contributed by atoms with Crippen LogP contribution in [0, 0.1) is 13.1 Å². The van der Waals surface area contributed by atoms with Crippen LogP contribution in [0.5, 0.6) is 0 Å². The molecule has 14 heteroatoms. The minimum Gasteiger partial charge on any atom is -0.430 e. The molecule has 0 unspecified atom stereocenters. The van der Waals surface area contributed by atoms with Crippen LogP contribution in [0.3, 0.4) is 0 Å². The van der Waals surface area contributed by atoms with Gasteiger partial charge in [0.1, 0.15) is 0 Å². The van der Waals surface area contributed by atoms with E-state index in [9.17, 15) is 0 Å². The fraction of sp³-hybridized carbons (Fsp3) is 0.0263. The van der Waals surface area contributed by atoms with Crippen LogP contribution in [0.4, 0.5) is 34.1 Å². The largest absolute Gasteiger partial charge is 0.430 e. The Morgan fingerprint density at radius 2 is 0.300 bits per heavy atom. The predicted molar refractivity (Wildman–Crippen MR) is 386 cm³/mol. The number of benzene rings is 12. The van der Waals surface area contributed by atoms with Crippen molar-refractivity contribution in [1.29, 1.82) is 0 Å². The first kappa shape index (κ1) is 60.5. The van der Waals surface area contributed by atoms with Gasteiger partial charge in [-0.25, -0.2) is 13.1 Å². The molecule has 0 saturated carbocycles. The Bertz CT molecular complexity index is 3600. The van der Waals surface area contributed by atoms with Gasteiger partial charge in [0.15, 0.2) is 0 Å². The molecule has 0 amide bonds. The molecule has 0 bridgehead atoms. The van der Waals surface area contributed by atoms with E-state index in [1.54, 1.807) is 0 Å². The molecular formula is C76H60B6N8. The number of nitrogens with zero attached hydrogens (tertiary/aromatic N) is 8. The van der Waals surface area contributed by atoms with Crippen molar-refractivity contribution in [3.8, 4) is 66.8 Å². The van der Waals surface area contributed by atoms with Crippen LogP contribution in [0.25, 0.3) is 76.5 Å². The summed E-state index contributed by atoms with van der Waals surface area (Å²) in [6, 6.07) is 115. The van der Waals surface area contributed by atoms with E-state index < -0.39 is 0 Å². The lowest BCUT2D eigenvalue weighted by Crippen LogP contribution is -2.62. The molecule has 2 saturated heterocycles. The molecule has 2 heterocycles. The van der Waals surface area contributed by atoms with E-state index in [1.807, 2.05) is 0 Å². The lowest BCUT2D eigenvalue weighted by Gasteiger charge is -2.44. The smallest absolute Gasteiger partial charge is 0.365 e. The average molecular weight is 1150 g/mol. The Labute approximate surface area is 535 Å². The quantitative estimate of drug-likeness (QED) is 0.0894. The summed E-state index contributed by atoms with van der Waals surface area (Å²) >= 11 is 0. The number of hydrogen-bond donors (Lipinski definition) is 0. The maximum absolute atomic E-state index is 5.83. The monoisotopic (exact) mass is 1150 g/mol. The number of para-hydroxylation sites is 6. The van der Waals surface area contributed by atoms with E-state index in [2.05, 4.69) is 411 Å². The number of hydrogen-bond acceptors (Lipinski definition) is 6. The topological polar surface area (TPSA) is 28.2 Å². The second-order valence-corrected chi connectivity index (χ2v) is 20.9. The van der Waals surface area contributed by atoms with Gasteiger partial charge in [-0.05, 0) is 69.8 Å². The van der Waals surface area contributed by atoms with Gasteiger partial charge >= 0.3 is 45.3 Å². The first-order valence-corrected chi connectivity index (χ1v) is 29.7. The van der Waals surface area contributed by atoms with Crippen molar-refractivity contribution in [2.45, 2.75) is 0 Å². The van der Waals surface area contributed by atoms with Gasteiger partial charge in [0.25, 0.3) is 0 Å². The van der Waals surface area contributed by atoms with E-state index >= 15 is 0 Å². The molecule has 2 aliphatic rings. The Morgan fingerprint density at radius 3 is 0.433 bits per heavy atom. The fourth-order valence-corrected chi connectivity index (χ4v) is 11.1. The van der Waals surface area contributed by atoms with Crippen molar-refractivity contribution in [2.75, 3.05) is 42.4 Å². The molecule has 0 spiro atoms. The Balaban J connectivity index is 0.000000170. The van der Waals surface area contributed by atoms with Gasteiger partial charge in [0.2, 0.25) is 14.1 Å². The number of rotatable bonds is 12. The van der Waals surface area contributed by atoms with Gasteiger partial charge in [-0.15, -0.1) is 0 Å². The summed E-state index contributed by atoms with van der Waals surface area (Å²) in [4.78, 5) is 5.50. The van der Waals surface area contributed by atoms with Crippen molar-refractivity contribution in [1.82, 2.24) is 0 Å². The zero-order chi connectivity index (χ0) is 61.7. The van der Waals surface area contributed by atoms with Crippen LogP contribution < -0.4 is 28.3 Å². The second-order valence-electron chi connectivity index (χ2n) is 20.9. The van der Waals surface area contributed by atoms with Gasteiger partial charge in [-0.2, -0.15) is 0 Å². The zero-order valence-corrected chi connectivity index (χ0v) is 50.2. The van der Waals surface area contributed by atoms with Crippen molar-refractivity contribution in [3.05, 3.63) is 350 Å². The van der Waals surface area contributed by atoms with Crippen molar-refractivity contribution in [3.63, 3.8) is 0 Å². The standard InChI is InChI=1S/2C36H27B3N3.2C2H3N/c2*1-4-16-28(17-5-1)31-22-10-13-25-34(31)40-37-41(35-26-14-11-23-32(35)29-18-6-2-7-19-29)39-42(38-40)36-27-15-12-24-33(36)30-20-8-3-9-21-30;2*1-3-2/h2*1-27H;2*1H3. The third-order valence-electron chi connectivity index (χ3n) is 15.1. The van der Waals surface area contributed by atoms with Crippen LogP contribution in [-0.4, -0.2) is 59.4 Å². The van der Waals surface area contributed by atoms with E-state index in [0.29, 0.717) is 0 Å². The highest BCUT2D eigenvalue weighted by atomic mass is 15.3. The average Bonchev–Trinajstić information content (AvgIpc) is 1.79. The number of anilines is 6. The Kier molecular flexibility index (Phi) is 20.5. The van der Waals surface area contributed by atoms with Crippen molar-refractivity contribution >= 4 is 79.4 Å². The zero-order valence-electron chi connectivity index (χ0n) is 50.2. The van der Waals surface area contributed by atoms with Gasteiger partial charge in [-0.3, -0.25) is 0 Å². The Hall–Kier alpha value is -11.2. The third-order valence-corrected chi connectivity index (χ3v) is 15.1.